The molecule has 178 valence electrons. The first-order valence-electron chi connectivity index (χ1n) is 10.8. The van der Waals surface area contributed by atoms with Crippen molar-refractivity contribution in [3.63, 3.8) is 0 Å². The SMILES string of the molecule is CN=C(NCCCOc1cc(OC)cc(OC)c1)NCC1CCCOC1C(C)(C)C.I. The van der Waals surface area contributed by atoms with E-state index in [2.05, 4.69) is 36.4 Å². The van der Waals surface area contributed by atoms with Crippen molar-refractivity contribution in [2.75, 3.05) is 47.6 Å². The first-order chi connectivity index (χ1) is 14.4. The van der Waals surface area contributed by atoms with Crippen LogP contribution in [0.15, 0.2) is 23.2 Å². The van der Waals surface area contributed by atoms with Crippen molar-refractivity contribution >= 4 is 29.9 Å². The maximum atomic E-state index is 6.07. The Bertz CT molecular complexity index is 657. The molecule has 1 aliphatic rings. The van der Waals surface area contributed by atoms with Crippen molar-refractivity contribution in [3.05, 3.63) is 18.2 Å². The van der Waals surface area contributed by atoms with E-state index in [1.165, 1.54) is 6.42 Å². The number of aliphatic imine (C=N–C) groups is 1. The summed E-state index contributed by atoms with van der Waals surface area (Å²) in [6, 6.07) is 5.54. The number of methoxy groups -OCH3 is 2. The van der Waals surface area contributed by atoms with Crippen LogP contribution in [-0.2, 0) is 4.74 Å². The Hall–Kier alpha value is -1.42. The van der Waals surface area contributed by atoms with Crippen molar-refractivity contribution < 1.29 is 18.9 Å². The molecule has 2 atom stereocenters. The summed E-state index contributed by atoms with van der Waals surface area (Å²) in [5, 5.41) is 6.83. The number of rotatable bonds is 9. The predicted octanol–water partition coefficient (Wildman–Crippen LogP) is 4.10. The van der Waals surface area contributed by atoms with Gasteiger partial charge in [0.15, 0.2) is 5.96 Å². The lowest BCUT2D eigenvalue weighted by molar-refractivity contribution is -0.0835. The van der Waals surface area contributed by atoms with Crippen LogP contribution in [0.3, 0.4) is 0 Å². The van der Waals surface area contributed by atoms with Gasteiger partial charge < -0.3 is 29.6 Å². The summed E-state index contributed by atoms with van der Waals surface area (Å²) in [5.41, 5.74) is 0.143. The van der Waals surface area contributed by atoms with Crippen molar-refractivity contribution in [2.45, 2.75) is 46.1 Å². The lowest BCUT2D eigenvalue weighted by atomic mass is 9.78. The van der Waals surface area contributed by atoms with Crippen molar-refractivity contribution in [1.29, 1.82) is 0 Å². The molecule has 0 spiro atoms. The molecule has 0 saturated carbocycles. The second-order valence-corrected chi connectivity index (χ2v) is 8.69. The zero-order chi connectivity index (χ0) is 22.0. The minimum Gasteiger partial charge on any atom is -0.496 e. The standard InChI is InChI=1S/C23H39N3O4.HI/c1-23(2,3)21-17(9-7-11-30-21)16-26-22(24-4)25-10-8-12-29-20-14-18(27-5)13-19(15-20)28-6;/h13-15,17,21H,7-12,16H2,1-6H3,(H2,24,25,26);1H. The molecule has 2 unspecified atom stereocenters. The van der Waals surface area contributed by atoms with E-state index in [9.17, 15) is 0 Å². The van der Waals surface area contributed by atoms with E-state index in [-0.39, 0.29) is 35.5 Å². The second kappa shape index (κ2) is 13.9. The van der Waals surface area contributed by atoms with E-state index >= 15 is 0 Å². The third-order valence-electron chi connectivity index (χ3n) is 5.26. The van der Waals surface area contributed by atoms with Crippen LogP contribution < -0.4 is 24.8 Å². The highest BCUT2D eigenvalue weighted by atomic mass is 127. The molecule has 0 amide bonds. The normalized spacial score (nSPS) is 19.2. The van der Waals surface area contributed by atoms with Gasteiger partial charge in [-0.3, -0.25) is 4.99 Å². The van der Waals surface area contributed by atoms with Gasteiger partial charge in [-0.2, -0.15) is 0 Å². The van der Waals surface area contributed by atoms with Crippen LogP contribution in [0.2, 0.25) is 0 Å². The molecule has 0 bridgehead atoms. The Kier molecular flexibility index (Phi) is 12.4. The fourth-order valence-electron chi connectivity index (χ4n) is 3.79. The van der Waals surface area contributed by atoms with E-state index in [0.29, 0.717) is 24.0 Å². The molecular formula is C23H40IN3O4. The summed E-state index contributed by atoms with van der Waals surface area (Å²) in [5.74, 6) is 3.47. The summed E-state index contributed by atoms with van der Waals surface area (Å²) in [6.45, 7) is 9.84. The van der Waals surface area contributed by atoms with Gasteiger partial charge in [0.25, 0.3) is 0 Å². The van der Waals surface area contributed by atoms with Crippen LogP contribution >= 0.6 is 24.0 Å². The van der Waals surface area contributed by atoms with Gasteiger partial charge in [0.2, 0.25) is 0 Å². The fourth-order valence-corrected chi connectivity index (χ4v) is 3.79. The van der Waals surface area contributed by atoms with E-state index in [0.717, 1.165) is 44.2 Å². The molecule has 31 heavy (non-hydrogen) atoms. The lowest BCUT2D eigenvalue weighted by Gasteiger charge is -2.40. The van der Waals surface area contributed by atoms with Crippen LogP contribution in [0.1, 0.15) is 40.0 Å². The van der Waals surface area contributed by atoms with Crippen LogP contribution in [0.25, 0.3) is 0 Å². The number of ether oxygens (including phenoxy) is 4. The summed E-state index contributed by atoms with van der Waals surface area (Å²) in [6.07, 6.45) is 3.42. The number of hydrogen-bond donors (Lipinski definition) is 2. The summed E-state index contributed by atoms with van der Waals surface area (Å²) < 4.78 is 22.5. The Morgan fingerprint density at radius 3 is 2.32 bits per heavy atom. The molecule has 8 heteroatoms. The highest BCUT2D eigenvalue weighted by Crippen LogP contribution is 2.33. The Morgan fingerprint density at radius 2 is 1.74 bits per heavy atom. The van der Waals surface area contributed by atoms with Gasteiger partial charge in [-0.05, 0) is 24.7 Å². The number of nitrogens with one attached hydrogen (secondary N) is 2. The van der Waals surface area contributed by atoms with Gasteiger partial charge in [0.1, 0.15) is 17.2 Å². The molecule has 2 N–H and O–H groups in total. The monoisotopic (exact) mass is 549 g/mol. The highest BCUT2D eigenvalue weighted by Gasteiger charge is 2.35. The van der Waals surface area contributed by atoms with Crippen molar-refractivity contribution in [3.8, 4) is 17.2 Å². The zero-order valence-electron chi connectivity index (χ0n) is 19.8. The molecule has 1 aromatic carbocycles. The van der Waals surface area contributed by atoms with Crippen LogP contribution in [-0.4, -0.2) is 59.6 Å². The van der Waals surface area contributed by atoms with Crippen molar-refractivity contribution in [1.82, 2.24) is 10.6 Å². The van der Waals surface area contributed by atoms with Crippen molar-refractivity contribution in [2.24, 2.45) is 16.3 Å². The van der Waals surface area contributed by atoms with E-state index in [4.69, 9.17) is 18.9 Å². The Balaban J connectivity index is 0.00000480. The number of nitrogens with zero attached hydrogens (tertiary/aromatic N) is 1. The van der Waals surface area contributed by atoms with Gasteiger partial charge in [0.05, 0.1) is 26.9 Å². The van der Waals surface area contributed by atoms with Gasteiger partial charge in [-0.1, -0.05) is 20.8 Å². The minimum atomic E-state index is 0. The van der Waals surface area contributed by atoms with E-state index < -0.39 is 0 Å². The second-order valence-electron chi connectivity index (χ2n) is 8.69. The first kappa shape index (κ1) is 27.6. The van der Waals surface area contributed by atoms with E-state index in [1.54, 1.807) is 21.3 Å². The quantitative estimate of drug-likeness (QED) is 0.209. The van der Waals surface area contributed by atoms with Gasteiger partial charge in [-0.25, -0.2) is 0 Å². The van der Waals surface area contributed by atoms with Crippen LogP contribution in [0.4, 0.5) is 0 Å². The molecular weight excluding hydrogens is 509 g/mol. The summed E-state index contributed by atoms with van der Waals surface area (Å²) >= 11 is 0. The first-order valence-corrected chi connectivity index (χ1v) is 10.8. The zero-order valence-corrected chi connectivity index (χ0v) is 22.2. The smallest absolute Gasteiger partial charge is 0.190 e. The number of guanidine groups is 1. The largest absolute Gasteiger partial charge is 0.496 e. The average molecular weight is 549 g/mol. The van der Waals surface area contributed by atoms with Gasteiger partial charge >= 0.3 is 0 Å². The molecule has 1 saturated heterocycles. The molecule has 7 nitrogen and oxygen atoms in total. The molecule has 1 aliphatic heterocycles. The maximum Gasteiger partial charge on any atom is 0.190 e. The molecule has 0 radical (unpaired) electrons. The van der Waals surface area contributed by atoms with Crippen LogP contribution in [0, 0.1) is 11.3 Å². The van der Waals surface area contributed by atoms with Gasteiger partial charge in [0, 0.05) is 50.9 Å². The molecule has 0 aromatic heterocycles. The molecule has 1 fully saturated rings. The molecule has 0 aliphatic carbocycles. The minimum absolute atomic E-state index is 0. The Morgan fingerprint density at radius 1 is 1.10 bits per heavy atom. The average Bonchev–Trinajstić information content (AvgIpc) is 2.74. The summed E-state index contributed by atoms with van der Waals surface area (Å²) in [7, 11) is 5.06. The number of hydrogen-bond acceptors (Lipinski definition) is 5. The molecule has 2 rings (SSSR count). The Labute approximate surface area is 204 Å². The number of benzene rings is 1. The molecule has 1 heterocycles. The molecule has 1 aromatic rings. The fraction of sp³-hybridized carbons (Fsp3) is 0.696. The topological polar surface area (TPSA) is 73.3 Å². The highest BCUT2D eigenvalue weighted by molar-refractivity contribution is 14.0. The summed E-state index contributed by atoms with van der Waals surface area (Å²) in [4.78, 5) is 4.34. The third kappa shape index (κ3) is 9.31. The lowest BCUT2D eigenvalue weighted by Crippen LogP contribution is -2.47. The van der Waals surface area contributed by atoms with Gasteiger partial charge in [-0.15, -0.1) is 24.0 Å². The number of halogens is 1. The van der Waals surface area contributed by atoms with Crippen LogP contribution in [0.5, 0.6) is 17.2 Å². The predicted molar refractivity (Wildman–Crippen MR) is 136 cm³/mol. The third-order valence-corrected chi connectivity index (χ3v) is 5.26. The maximum absolute atomic E-state index is 6.07. The van der Waals surface area contributed by atoms with E-state index in [1.807, 2.05) is 18.2 Å².